The SMILES string of the molecule is CCOc1cc(/C=C/C(=O)Nc2ccc(CCN3CCCC3)cc2)ccc1OC. The van der Waals surface area contributed by atoms with Crippen molar-refractivity contribution >= 4 is 17.7 Å². The first kappa shape index (κ1) is 20.9. The minimum Gasteiger partial charge on any atom is -0.493 e. The molecule has 1 aliphatic rings. The van der Waals surface area contributed by atoms with E-state index in [4.69, 9.17) is 9.47 Å². The molecule has 2 aromatic rings. The van der Waals surface area contributed by atoms with Crippen LogP contribution in [0, 0.1) is 0 Å². The number of amides is 1. The zero-order chi connectivity index (χ0) is 20.5. The molecular formula is C24H30N2O3. The van der Waals surface area contributed by atoms with Crippen molar-refractivity contribution in [3.05, 3.63) is 59.7 Å². The van der Waals surface area contributed by atoms with Gasteiger partial charge < -0.3 is 19.7 Å². The summed E-state index contributed by atoms with van der Waals surface area (Å²) in [5.74, 6) is 1.18. The number of nitrogens with zero attached hydrogens (tertiary/aromatic N) is 1. The number of rotatable bonds is 9. The summed E-state index contributed by atoms with van der Waals surface area (Å²) >= 11 is 0. The maximum absolute atomic E-state index is 12.2. The second kappa shape index (κ2) is 10.7. The van der Waals surface area contributed by atoms with Crippen LogP contribution >= 0.6 is 0 Å². The van der Waals surface area contributed by atoms with Gasteiger partial charge in [0.2, 0.25) is 5.91 Å². The van der Waals surface area contributed by atoms with E-state index in [1.807, 2.05) is 37.3 Å². The van der Waals surface area contributed by atoms with Gasteiger partial charge in [0, 0.05) is 18.3 Å². The van der Waals surface area contributed by atoms with Gasteiger partial charge in [-0.2, -0.15) is 0 Å². The highest BCUT2D eigenvalue weighted by molar-refractivity contribution is 6.01. The van der Waals surface area contributed by atoms with E-state index in [1.54, 1.807) is 13.2 Å². The fourth-order valence-electron chi connectivity index (χ4n) is 3.47. The van der Waals surface area contributed by atoms with Gasteiger partial charge in [0.25, 0.3) is 0 Å². The number of hydrogen-bond acceptors (Lipinski definition) is 4. The van der Waals surface area contributed by atoms with Gasteiger partial charge in [0.1, 0.15) is 0 Å². The monoisotopic (exact) mass is 394 g/mol. The van der Waals surface area contributed by atoms with E-state index in [9.17, 15) is 4.79 Å². The van der Waals surface area contributed by atoms with E-state index in [-0.39, 0.29) is 5.91 Å². The highest BCUT2D eigenvalue weighted by Gasteiger charge is 2.10. The standard InChI is InChI=1S/C24H30N2O3/c1-3-29-23-18-20(8-12-22(23)28-2)9-13-24(27)25-21-10-6-19(7-11-21)14-17-26-15-4-5-16-26/h6-13,18H,3-5,14-17H2,1-2H3,(H,25,27)/b13-9+. The lowest BCUT2D eigenvalue weighted by Crippen LogP contribution is -2.21. The summed E-state index contributed by atoms with van der Waals surface area (Å²) in [7, 11) is 1.61. The number of carbonyl (C=O) groups is 1. The van der Waals surface area contributed by atoms with Crippen molar-refractivity contribution in [1.29, 1.82) is 0 Å². The molecule has 29 heavy (non-hydrogen) atoms. The molecule has 1 aliphatic heterocycles. The summed E-state index contributed by atoms with van der Waals surface area (Å²) in [6.07, 6.45) is 6.98. The Bertz CT molecular complexity index is 825. The van der Waals surface area contributed by atoms with Crippen LogP contribution in [-0.4, -0.2) is 44.2 Å². The molecule has 1 N–H and O–H groups in total. The van der Waals surface area contributed by atoms with Gasteiger partial charge in [-0.15, -0.1) is 0 Å². The topological polar surface area (TPSA) is 50.8 Å². The minimum atomic E-state index is -0.163. The number of carbonyl (C=O) groups excluding carboxylic acids is 1. The predicted molar refractivity (Wildman–Crippen MR) is 118 cm³/mol. The molecule has 154 valence electrons. The van der Waals surface area contributed by atoms with E-state index in [0.717, 1.165) is 24.2 Å². The van der Waals surface area contributed by atoms with Crippen LogP contribution in [0.15, 0.2) is 48.5 Å². The first-order chi connectivity index (χ1) is 14.2. The van der Waals surface area contributed by atoms with Gasteiger partial charge in [-0.3, -0.25) is 4.79 Å². The number of hydrogen-bond donors (Lipinski definition) is 1. The van der Waals surface area contributed by atoms with E-state index in [2.05, 4.69) is 22.3 Å². The van der Waals surface area contributed by atoms with E-state index < -0.39 is 0 Å². The van der Waals surface area contributed by atoms with Crippen LogP contribution in [0.1, 0.15) is 30.9 Å². The van der Waals surface area contributed by atoms with Crippen molar-refractivity contribution in [1.82, 2.24) is 4.90 Å². The Morgan fingerprint density at radius 3 is 2.55 bits per heavy atom. The molecule has 0 aromatic heterocycles. The quantitative estimate of drug-likeness (QED) is 0.641. The van der Waals surface area contributed by atoms with E-state index >= 15 is 0 Å². The minimum absolute atomic E-state index is 0.163. The summed E-state index contributed by atoms with van der Waals surface area (Å²) in [5.41, 5.74) is 2.98. The van der Waals surface area contributed by atoms with Gasteiger partial charge in [0.05, 0.1) is 13.7 Å². The first-order valence-electron chi connectivity index (χ1n) is 10.3. The molecular weight excluding hydrogens is 364 g/mol. The average Bonchev–Trinajstić information content (AvgIpc) is 3.26. The van der Waals surface area contributed by atoms with Crippen molar-refractivity contribution in [2.75, 3.05) is 38.7 Å². The zero-order valence-electron chi connectivity index (χ0n) is 17.3. The molecule has 0 saturated carbocycles. The van der Waals surface area contributed by atoms with Crippen LogP contribution in [0.2, 0.25) is 0 Å². The predicted octanol–water partition coefficient (Wildman–Crippen LogP) is 4.38. The van der Waals surface area contributed by atoms with Gasteiger partial charge in [-0.05, 0) is 80.7 Å². The zero-order valence-corrected chi connectivity index (χ0v) is 17.3. The molecule has 0 unspecified atom stereocenters. The highest BCUT2D eigenvalue weighted by Crippen LogP contribution is 2.28. The molecule has 5 heteroatoms. The van der Waals surface area contributed by atoms with Gasteiger partial charge in [-0.1, -0.05) is 18.2 Å². The molecule has 2 aromatic carbocycles. The Morgan fingerprint density at radius 1 is 1.10 bits per heavy atom. The molecule has 1 saturated heterocycles. The largest absolute Gasteiger partial charge is 0.493 e. The van der Waals surface area contributed by atoms with Crippen molar-refractivity contribution in [3.8, 4) is 11.5 Å². The smallest absolute Gasteiger partial charge is 0.248 e. The molecule has 1 heterocycles. The third-order valence-corrected chi connectivity index (χ3v) is 5.05. The third-order valence-electron chi connectivity index (χ3n) is 5.05. The van der Waals surface area contributed by atoms with E-state index in [0.29, 0.717) is 18.1 Å². The van der Waals surface area contributed by atoms with Crippen LogP contribution in [0.4, 0.5) is 5.69 Å². The van der Waals surface area contributed by atoms with Crippen molar-refractivity contribution in [2.24, 2.45) is 0 Å². The molecule has 0 spiro atoms. The van der Waals surface area contributed by atoms with Crippen LogP contribution in [0.25, 0.3) is 6.08 Å². The first-order valence-corrected chi connectivity index (χ1v) is 10.3. The average molecular weight is 395 g/mol. The fourth-order valence-corrected chi connectivity index (χ4v) is 3.47. The molecule has 1 fully saturated rings. The Labute approximate surface area is 173 Å². The lowest BCUT2D eigenvalue weighted by Gasteiger charge is -2.14. The molecule has 0 atom stereocenters. The molecule has 0 aliphatic carbocycles. The molecule has 3 rings (SSSR count). The Kier molecular flexibility index (Phi) is 7.70. The molecule has 1 amide bonds. The number of methoxy groups -OCH3 is 1. The van der Waals surface area contributed by atoms with Crippen LogP contribution < -0.4 is 14.8 Å². The Balaban J connectivity index is 1.52. The fraction of sp³-hybridized carbons (Fsp3) is 0.375. The second-order valence-electron chi connectivity index (χ2n) is 7.16. The number of likely N-dealkylation sites (tertiary alicyclic amines) is 1. The summed E-state index contributed by atoms with van der Waals surface area (Å²) in [6, 6.07) is 13.7. The van der Waals surface area contributed by atoms with Gasteiger partial charge >= 0.3 is 0 Å². The van der Waals surface area contributed by atoms with Crippen molar-refractivity contribution in [2.45, 2.75) is 26.2 Å². The molecule has 5 nitrogen and oxygen atoms in total. The highest BCUT2D eigenvalue weighted by atomic mass is 16.5. The van der Waals surface area contributed by atoms with Gasteiger partial charge in [-0.25, -0.2) is 0 Å². The van der Waals surface area contributed by atoms with Crippen molar-refractivity contribution < 1.29 is 14.3 Å². The number of anilines is 1. The molecule has 0 radical (unpaired) electrons. The summed E-state index contributed by atoms with van der Waals surface area (Å²) < 4.78 is 10.9. The normalized spacial score (nSPS) is 14.3. The third kappa shape index (κ3) is 6.36. The maximum atomic E-state index is 12.2. The number of ether oxygens (including phenoxy) is 2. The summed E-state index contributed by atoms with van der Waals surface area (Å²) in [4.78, 5) is 14.8. The Morgan fingerprint density at radius 2 is 1.86 bits per heavy atom. The van der Waals surface area contributed by atoms with Gasteiger partial charge in [0.15, 0.2) is 11.5 Å². The summed E-state index contributed by atoms with van der Waals surface area (Å²) in [5, 5.41) is 2.91. The second-order valence-corrected chi connectivity index (χ2v) is 7.16. The molecule has 0 bridgehead atoms. The van der Waals surface area contributed by atoms with Crippen molar-refractivity contribution in [3.63, 3.8) is 0 Å². The lowest BCUT2D eigenvalue weighted by molar-refractivity contribution is -0.111. The van der Waals surface area contributed by atoms with Crippen LogP contribution in [0.3, 0.4) is 0 Å². The summed E-state index contributed by atoms with van der Waals surface area (Å²) in [6.45, 7) is 6.03. The van der Waals surface area contributed by atoms with Crippen LogP contribution in [-0.2, 0) is 11.2 Å². The lowest BCUT2D eigenvalue weighted by atomic mass is 10.1. The maximum Gasteiger partial charge on any atom is 0.248 e. The number of nitrogens with one attached hydrogen (secondary N) is 1. The van der Waals surface area contributed by atoms with Crippen LogP contribution in [0.5, 0.6) is 11.5 Å². The Hall–Kier alpha value is -2.79. The van der Waals surface area contributed by atoms with E-state index in [1.165, 1.54) is 37.6 Å². The number of benzene rings is 2.